The van der Waals surface area contributed by atoms with Gasteiger partial charge in [-0.05, 0) is 42.8 Å². The molecule has 1 aliphatic rings. The zero-order chi connectivity index (χ0) is 20.4. The van der Waals surface area contributed by atoms with Crippen molar-refractivity contribution in [2.24, 2.45) is 0 Å². The molecule has 0 radical (unpaired) electrons. The third kappa shape index (κ3) is 4.04. The standard InChI is InChI=1S/C22H20F3N3O/c23-22(24,25)15-7-6-8-16(13-15)27-21(29)19-14-26-20(28-11-4-1-5-12-28)18-10-3-2-9-17(18)19/h2-3,6-10,13-14H,1,4-5,11-12H2,(H,27,29). The number of benzene rings is 2. The van der Waals surface area contributed by atoms with Crippen molar-refractivity contribution in [2.45, 2.75) is 25.4 Å². The highest BCUT2D eigenvalue weighted by atomic mass is 19.4. The molecule has 0 saturated carbocycles. The molecule has 1 aliphatic heterocycles. The van der Waals surface area contributed by atoms with Gasteiger partial charge in [0.1, 0.15) is 5.82 Å². The molecule has 3 aromatic rings. The Labute approximate surface area is 166 Å². The Balaban J connectivity index is 1.67. The first-order valence-electron chi connectivity index (χ1n) is 9.55. The quantitative estimate of drug-likeness (QED) is 0.633. The van der Waals surface area contributed by atoms with Gasteiger partial charge in [0.15, 0.2) is 0 Å². The predicted molar refractivity (Wildman–Crippen MR) is 107 cm³/mol. The first kappa shape index (κ1) is 19.2. The van der Waals surface area contributed by atoms with Crippen molar-refractivity contribution in [2.75, 3.05) is 23.3 Å². The Morgan fingerprint density at radius 1 is 0.966 bits per heavy atom. The monoisotopic (exact) mass is 399 g/mol. The third-order valence-electron chi connectivity index (χ3n) is 5.12. The lowest BCUT2D eigenvalue weighted by molar-refractivity contribution is -0.137. The molecule has 4 nitrogen and oxygen atoms in total. The van der Waals surface area contributed by atoms with Gasteiger partial charge < -0.3 is 10.2 Å². The van der Waals surface area contributed by atoms with Gasteiger partial charge >= 0.3 is 6.18 Å². The van der Waals surface area contributed by atoms with Crippen LogP contribution in [0.1, 0.15) is 35.2 Å². The largest absolute Gasteiger partial charge is 0.416 e. The van der Waals surface area contributed by atoms with Crippen LogP contribution in [0.5, 0.6) is 0 Å². The molecule has 29 heavy (non-hydrogen) atoms. The van der Waals surface area contributed by atoms with Gasteiger partial charge in [0.05, 0.1) is 11.1 Å². The highest BCUT2D eigenvalue weighted by Crippen LogP contribution is 2.32. The molecule has 0 unspecified atom stereocenters. The van der Waals surface area contributed by atoms with E-state index in [0.29, 0.717) is 5.56 Å². The maximum absolute atomic E-state index is 12.9. The summed E-state index contributed by atoms with van der Waals surface area (Å²) in [6.07, 6.45) is 0.452. The highest BCUT2D eigenvalue weighted by Gasteiger charge is 2.30. The van der Waals surface area contributed by atoms with Gasteiger partial charge in [0.25, 0.3) is 5.91 Å². The van der Waals surface area contributed by atoms with E-state index in [1.165, 1.54) is 24.8 Å². The van der Waals surface area contributed by atoms with Crippen LogP contribution in [0.4, 0.5) is 24.7 Å². The Kier molecular flexibility index (Phi) is 5.13. The number of carbonyl (C=O) groups is 1. The molecule has 1 fully saturated rings. The average Bonchev–Trinajstić information content (AvgIpc) is 2.73. The number of aromatic nitrogens is 1. The van der Waals surface area contributed by atoms with Crippen LogP contribution >= 0.6 is 0 Å². The first-order valence-corrected chi connectivity index (χ1v) is 9.55. The number of alkyl halides is 3. The fraction of sp³-hybridized carbons (Fsp3) is 0.273. The maximum Gasteiger partial charge on any atom is 0.416 e. The van der Waals surface area contributed by atoms with Crippen molar-refractivity contribution in [3.05, 3.63) is 65.9 Å². The normalized spacial score (nSPS) is 14.8. The van der Waals surface area contributed by atoms with Gasteiger partial charge in [0, 0.05) is 30.4 Å². The minimum absolute atomic E-state index is 0.0917. The Hall–Kier alpha value is -3.09. The fourth-order valence-corrected chi connectivity index (χ4v) is 3.69. The summed E-state index contributed by atoms with van der Waals surface area (Å²) in [7, 11) is 0. The van der Waals surface area contributed by atoms with Crippen molar-refractivity contribution in [1.82, 2.24) is 4.98 Å². The number of amides is 1. The lowest BCUT2D eigenvalue weighted by Crippen LogP contribution is -2.30. The lowest BCUT2D eigenvalue weighted by Gasteiger charge is -2.29. The summed E-state index contributed by atoms with van der Waals surface area (Å²) >= 11 is 0. The van der Waals surface area contributed by atoms with Gasteiger partial charge in [0.2, 0.25) is 0 Å². The molecule has 0 atom stereocenters. The molecule has 1 N–H and O–H groups in total. The van der Waals surface area contributed by atoms with Crippen LogP contribution in [0.25, 0.3) is 10.8 Å². The molecular weight excluding hydrogens is 379 g/mol. The SMILES string of the molecule is O=C(Nc1cccc(C(F)(F)F)c1)c1cnc(N2CCCCC2)c2ccccc12. The number of hydrogen-bond acceptors (Lipinski definition) is 3. The second kappa shape index (κ2) is 7.73. The van der Waals surface area contributed by atoms with Crippen LogP contribution in [0.2, 0.25) is 0 Å². The van der Waals surface area contributed by atoms with E-state index in [9.17, 15) is 18.0 Å². The second-order valence-electron chi connectivity index (χ2n) is 7.12. The van der Waals surface area contributed by atoms with E-state index in [-0.39, 0.29) is 5.69 Å². The summed E-state index contributed by atoms with van der Waals surface area (Å²) in [5.74, 6) is 0.356. The number of pyridine rings is 1. The highest BCUT2D eigenvalue weighted by molar-refractivity contribution is 6.14. The van der Waals surface area contributed by atoms with E-state index >= 15 is 0 Å². The molecule has 1 saturated heterocycles. The summed E-state index contributed by atoms with van der Waals surface area (Å²) in [5, 5.41) is 4.17. The second-order valence-corrected chi connectivity index (χ2v) is 7.12. The number of anilines is 2. The van der Waals surface area contributed by atoms with Crippen molar-refractivity contribution in [3.63, 3.8) is 0 Å². The van der Waals surface area contributed by atoms with Crippen molar-refractivity contribution in [3.8, 4) is 0 Å². The zero-order valence-electron chi connectivity index (χ0n) is 15.7. The van der Waals surface area contributed by atoms with E-state index < -0.39 is 17.6 Å². The molecule has 2 heterocycles. The summed E-state index contributed by atoms with van der Waals surface area (Å²) in [6, 6.07) is 12.1. The van der Waals surface area contributed by atoms with Crippen LogP contribution in [-0.4, -0.2) is 24.0 Å². The molecule has 2 aromatic carbocycles. The molecule has 150 valence electrons. The molecule has 1 amide bonds. The molecule has 4 rings (SSSR count). The van der Waals surface area contributed by atoms with Crippen LogP contribution in [0, 0.1) is 0 Å². The molecular formula is C22H20F3N3O. The number of rotatable bonds is 3. The van der Waals surface area contributed by atoms with Gasteiger partial charge in [-0.25, -0.2) is 4.98 Å². The van der Waals surface area contributed by atoms with Crippen LogP contribution in [0.15, 0.2) is 54.7 Å². The average molecular weight is 399 g/mol. The van der Waals surface area contributed by atoms with E-state index in [1.807, 2.05) is 24.3 Å². The number of nitrogens with one attached hydrogen (secondary N) is 1. The van der Waals surface area contributed by atoms with E-state index in [1.54, 1.807) is 0 Å². The summed E-state index contributed by atoms with van der Waals surface area (Å²) in [5.41, 5.74) is -0.383. The minimum Gasteiger partial charge on any atom is -0.356 e. The topological polar surface area (TPSA) is 45.2 Å². The maximum atomic E-state index is 12.9. The number of halogens is 3. The molecule has 0 bridgehead atoms. The van der Waals surface area contributed by atoms with Gasteiger partial charge in [-0.3, -0.25) is 4.79 Å². The lowest BCUT2D eigenvalue weighted by atomic mass is 10.0. The Morgan fingerprint density at radius 3 is 2.41 bits per heavy atom. The van der Waals surface area contributed by atoms with Crippen molar-refractivity contribution >= 4 is 28.2 Å². The molecule has 0 aliphatic carbocycles. The Morgan fingerprint density at radius 2 is 1.69 bits per heavy atom. The number of carbonyl (C=O) groups excluding carboxylic acids is 1. The zero-order valence-corrected chi connectivity index (χ0v) is 15.7. The Bertz CT molecular complexity index is 1040. The smallest absolute Gasteiger partial charge is 0.356 e. The van der Waals surface area contributed by atoms with Gasteiger partial charge in [-0.15, -0.1) is 0 Å². The van der Waals surface area contributed by atoms with Crippen molar-refractivity contribution < 1.29 is 18.0 Å². The summed E-state index contributed by atoms with van der Waals surface area (Å²) in [4.78, 5) is 19.6. The number of hydrogen-bond donors (Lipinski definition) is 1. The van der Waals surface area contributed by atoms with Gasteiger partial charge in [-0.2, -0.15) is 13.2 Å². The number of nitrogens with zero attached hydrogens (tertiary/aromatic N) is 2. The van der Waals surface area contributed by atoms with E-state index in [4.69, 9.17) is 0 Å². The molecule has 7 heteroatoms. The summed E-state index contributed by atoms with van der Waals surface area (Å²) < 4.78 is 38.8. The predicted octanol–water partition coefficient (Wildman–Crippen LogP) is 5.50. The molecule has 0 spiro atoms. The van der Waals surface area contributed by atoms with Gasteiger partial charge in [-0.1, -0.05) is 30.3 Å². The minimum atomic E-state index is -4.47. The number of piperidine rings is 1. The summed E-state index contributed by atoms with van der Waals surface area (Å²) in [6.45, 7) is 1.85. The number of fused-ring (bicyclic) bond motifs is 1. The van der Waals surface area contributed by atoms with E-state index in [2.05, 4.69) is 15.2 Å². The third-order valence-corrected chi connectivity index (χ3v) is 5.12. The first-order chi connectivity index (χ1) is 13.9. The molecule has 1 aromatic heterocycles. The van der Waals surface area contributed by atoms with E-state index in [0.717, 1.165) is 54.7 Å². The van der Waals surface area contributed by atoms with Crippen LogP contribution < -0.4 is 10.2 Å². The van der Waals surface area contributed by atoms with Crippen LogP contribution in [-0.2, 0) is 6.18 Å². The van der Waals surface area contributed by atoms with Crippen LogP contribution in [0.3, 0.4) is 0 Å². The fourth-order valence-electron chi connectivity index (χ4n) is 3.69. The van der Waals surface area contributed by atoms with Crippen molar-refractivity contribution in [1.29, 1.82) is 0 Å².